The standard InChI is InChI=1S/C29H48O9/c1-5-6-7-8-9-10-11-12-13-14-15-16-17-18-19-20-21-35-29(31)37-38-36-28(30)24-22-26(33-3)27(34-4)23-25(24)32-2/h22-23H,5-21H2,1-4H3. The summed E-state index contributed by atoms with van der Waals surface area (Å²) in [6.45, 7) is 2.47. The average Bonchev–Trinajstić information content (AvgIpc) is 2.93. The van der Waals surface area contributed by atoms with Gasteiger partial charge in [-0.3, -0.25) is 4.89 Å². The summed E-state index contributed by atoms with van der Waals surface area (Å²) in [6, 6.07) is 2.82. The van der Waals surface area contributed by atoms with Gasteiger partial charge in [0.1, 0.15) is 11.3 Å². The third-order valence-corrected chi connectivity index (χ3v) is 6.36. The Morgan fingerprint density at radius 1 is 0.579 bits per heavy atom. The number of hydrogen-bond acceptors (Lipinski definition) is 9. The molecule has 0 aromatic heterocycles. The van der Waals surface area contributed by atoms with Crippen molar-refractivity contribution in [2.24, 2.45) is 0 Å². The van der Waals surface area contributed by atoms with Gasteiger partial charge in [0.2, 0.25) is 0 Å². The van der Waals surface area contributed by atoms with Gasteiger partial charge < -0.3 is 18.9 Å². The molecule has 0 fully saturated rings. The fraction of sp³-hybridized carbons (Fsp3) is 0.724. The molecule has 0 aliphatic rings. The summed E-state index contributed by atoms with van der Waals surface area (Å²) in [5, 5.41) is 4.27. The summed E-state index contributed by atoms with van der Waals surface area (Å²) >= 11 is 0. The number of benzene rings is 1. The Morgan fingerprint density at radius 2 is 1.03 bits per heavy atom. The number of rotatable bonds is 23. The molecule has 1 aromatic carbocycles. The van der Waals surface area contributed by atoms with Crippen molar-refractivity contribution >= 4 is 12.1 Å². The molecule has 0 amide bonds. The number of carbonyl (C=O) groups is 2. The van der Waals surface area contributed by atoms with Gasteiger partial charge in [0, 0.05) is 12.1 Å². The molecule has 38 heavy (non-hydrogen) atoms. The molecular formula is C29H48O9. The van der Waals surface area contributed by atoms with Crippen molar-refractivity contribution < 1.29 is 43.3 Å². The smallest absolute Gasteiger partial charge is 0.496 e. The number of unbranched alkanes of at least 4 members (excludes halogenated alkanes) is 15. The van der Waals surface area contributed by atoms with Crippen LogP contribution in [0, 0.1) is 0 Å². The third-order valence-electron chi connectivity index (χ3n) is 6.36. The average molecular weight is 541 g/mol. The van der Waals surface area contributed by atoms with Crippen LogP contribution < -0.4 is 14.2 Å². The van der Waals surface area contributed by atoms with Crippen LogP contribution >= 0.6 is 0 Å². The van der Waals surface area contributed by atoms with E-state index < -0.39 is 12.1 Å². The second kappa shape index (κ2) is 22.3. The highest BCUT2D eigenvalue weighted by molar-refractivity contribution is 5.93. The lowest BCUT2D eigenvalue weighted by molar-refractivity contribution is -0.452. The SMILES string of the molecule is CCCCCCCCCCCCCCCCCCOC(=O)OOOC(=O)c1cc(OC)c(OC)cc1OC. The monoisotopic (exact) mass is 540 g/mol. The molecule has 1 aromatic rings. The van der Waals surface area contributed by atoms with Crippen molar-refractivity contribution in [3.8, 4) is 17.2 Å². The predicted octanol–water partition coefficient (Wildman–Crippen LogP) is 8.13. The van der Waals surface area contributed by atoms with Gasteiger partial charge in [-0.05, 0) is 6.42 Å². The summed E-state index contributed by atoms with van der Waals surface area (Å²) < 4.78 is 20.4. The van der Waals surface area contributed by atoms with E-state index in [1.165, 1.54) is 117 Å². The van der Waals surface area contributed by atoms with Gasteiger partial charge in [-0.25, -0.2) is 14.5 Å². The Kier molecular flexibility index (Phi) is 19.6. The Morgan fingerprint density at radius 3 is 1.50 bits per heavy atom. The van der Waals surface area contributed by atoms with Crippen molar-refractivity contribution in [1.29, 1.82) is 0 Å². The van der Waals surface area contributed by atoms with Crippen LogP contribution in [0.1, 0.15) is 120 Å². The first-order valence-corrected chi connectivity index (χ1v) is 14.1. The zero-order valence-corrected chi connectivity index (χ0v) is 23.8. The highest BCUT2D eigenvalue weighted by atomic mass is 17.5. The van der Waals surface area contributed by atoms with Crippen LogP contribution in [-0.4, -0.2) is 40.1 Å². The Hall–Kier alpha value is -2.68. The second-order valence-electron chi connectivity index (χ2n) is 9.33. The van der Waals surface area contributed by atoms with Gasteiger partial charge >= 0.3 is 12.1 Å². The highest BCUT2D eigenvalue weighted by Crippen LogP contribution is 2.35. The highest BCUT2D eigenvalue weighted by Gasteiger charge is 2.21. The summed E-state index contributed by atoms with van der Waals surface area (Å²) in [6.07, 6.45) is 19.2. The van der Waals surface area contributed by atoms with Gasteiger partial charge in [0.15, 0.2) is 11.5 Å². The molecule has 0 bridgehead atoms. The first-order chi connectivity index (χ1) is 18.6. The maximum atomic E-state index is 12.2. The van der Waals surface area contributed by atoms with E-state index in [9.17, 15) is 9.59 Å². The van der Waals surface area contributed by atoms with E-state index in [2.05, 4.69) is 21.7 Å². The van der Waals surface area contributed by atoms with Gasteiger partial charge in [-0.1, -0.05) is 103 Å². The summed E-state index contributed by atoms with van der Waals surface area (Å²) in [5.41, 5.74) is -0.00437. The van der Waals surface area contributed by atoms with Gasteiger partial charge in [-0.2, -0.15) is 0 Å². The molecule has 0 saturated heterocycles. The third kappa shape index (κ3) is 14.9. The molecule has 0 atom stereocenters. The van der Waals surface area contributed by atoms with Crippen molar-refractivity contribution in [3.05, 3.63) is 17.7 Å². The fourth-order valence-corrected chi connectivity index (χ4v) is 4.14. The summed E-state index contributed by atoms with van der Waals surface area (Å²) in [5.74, 6) is -0.120. The van der Waals surface area contributed by atoms with Crippen LogP contribution in [0.4, 0.5) is 4.79 Å². The van der Waals surface area contributed by atoms with E-state index in [-0.39, 0.29) is 17.9 Å². The number of carbonyl (C=O) groups excluding carboxylic acids is 2. The van der Waals surface area contributed by atoms with Crippen molar-refractivity contribution in [2.75, 3.05) is 27.9 Å². The van der Waals surface area contributed by atoms with Crippen LogP contribution in [0.15, 0.2) is 12.1 Å². The van der Waals surface area contributed by atoms with Crippen LogP contribution in [0.2, 0.25) is 0 Å². The van der Waals surface area contributed by atoms with Crippen molar-refractivity contribution in [3.63, 3.8) is 0 Å². The molecule has 218 valence electrons. The molecule has 0 radical (unpaired) electrons. The molecule has 0 saturated carbocycles. The molecule has 1 rings (SSSR count). The molecular weight excluding hydrogens is 492 g/mol. The first-order valence-electron chi connectivity index (χ1n) is 14.1. The lowest BCUT2D eigenvalue weighted by Gasteiger charge is -2.12. The summed E-state index contributed by atoms with van der Waals surface area (Å²) in [7, 11) is 4.26. The maximum absolute atomic E-state index is 12.2. The van der Waals surface area contributed by atoms with Crippen molar-refractivity contribution in [2.45, 2.75) is 110 Å². The Bertz CT molecular complexity index is 767. The maximum Gasteiger partial charge on any atom is 0.543 e. The van der Waals surface area contributed by atoms with Crippen LogP contribution in [-0.2, 0) is 19.6 Å². The van der Waals surface area contributed by atoms with E-state index in [0.29, 0.717) is 11.5 Å². The van der Waals surface area contributed by atoms with E-state index in [1.54, 1.807) is 0 Å². The topological polar surface area (TPSA) is 98.8 Å². The zero-order chi connectivity index (χ0) is 27.8. The largest absolute Gasteiger partial charge is 0.543 e. The number of ether oxygens (including phenoxy) is 4. The van der Waals surface area contributed by atoms with Crippen LogP contribution in [0.25, 0.3) is 0 Å². The molecule has 0 N–H and O–H groups in total. The normalized spacial score (nSPS) is 10.6. The minimum absolute atomic E-state index is 0.00437. The predicted molar refractivity (Wildman–Crippen MR) is 145 cm³/mol. The molecule has 9 nitrogen and oxygen atoms in total. The first kappa shape index (κ1) is 33.3. The molecule has 0 aliphatic carbocycles. The molecule has 0 unspecified atom stereocenters. The minimum Gasteiger partial charge on any atom is -0.496 e. The fourth-order valence-electron chi connectivity index (χ4n) is 4.14. The van der Waals surface area contributed by atoms with Gasteiger partial charge in [0.25, 0.3) is 0 Å². The second-order valence-corrected chi connectivity index (χ2v) is 9.33. The Balaban J connectivity index is 2.01. The molecule has 9 heteroatoms. The van der Waals surface area contributed by atoms with Crippen LogP contribution in [0.5, 0.6) is 17.2 Å². The van der Waals surface area contributed by atoms with E-state index in [4.69, 9.17) is 18.9 Å². The lowest BCUT2D eigenvalue weighted by atomic mass is 10.0. The molecule has 0 aliphatic heterocycles. The molecule has 0 heterocycles. The summed E-state index contributed by atoms with van der Waals surface area (Å²) in [4.78, 5) is 32.7. The number of methoxy groups -OCH3 is 3. The van der Waals surface area contributed by atoms with E-state index >= 15 is 0 Å². The van der Waals surface area contributed by atoms with E-state index in [1.807, 2.05) is 0 Å². The van der Waals surface area contributed by atoms with E-state index in [0.717, 1.165) is 19.3 Å². The van der Waals surface area contributed by atoms with Crippen LogP contribution in [0.3, 0.4) is 0 Å². The Labute approximate surface area is 228 Å². The van der Waals surface area contributed by atoms with Gasteiger partial charge in [-0.15, -0.1) is 0 Å². The zero-order valence-electron chi connectivity index (χ0n) is 23.8. The molecule has 0 spiro atoms. The number of hydrogen-bond donors (Lipinski definition) is 0. The van der Waals surface area contributed by atoms with Crippen molar-refractivity contribution in [1.82, 2.24) is 0 Å². The minimum atomic E-state index is -1.09. The quantitative estimate of drug-likeness (QED) is 0.0589. The lowest BCUT2D eigenvalue weighted by Crippen LogP contribution is -2.13. The van der Waals surface area contributed by atoms with Gasteiger partial charge in [0.05, 0.1) is 33.0 Å².